The second-order valence-corrected chi connectivity index (χ2v) is 8.06. The average Bonchev–Trinajstić information content (AvgIpc) is 3.47. The summed E-state index contributed by atoms with van der Waals surface area (Å²) >= 11 is 0. The maximum Gasteiger partial charge on any atom is 0.342 e. The number of carbonyl (C=O) groups excluding carboxylic acids is 2. The molecule has 1 heterocycles. The Morgan fingerprint density at radius 1 is 1.12 bits per heavy atom. The van der Waals surface area contributed by atoms with Crippen LogP contribution in [0, 0.1) is 18.3 Å². The summed E-state index contributed by atoms with van der Waals surface area (Å²) in [7, 11) is 0. The van der Waals surface area contributed by atoms with Gasteiger partial charge in [-0.05, 0) is 44.7 Å². The minimum Gasteiger partial charge on any atom is -0.452 e. The van der Waals surface area contributed by atoms with Crippen molar-refractivity contribution < 1.29 is 14.3 Å². The highest BCUT2D eigenvalue weighted by atomic mass is 16.5. The number of nitrogens with one attached hydrogen (secondary N) is 1. The summed E-state index contributed by atoms with van der Waals surface area (Å²) in [5, 5.41) is 16.8. The van der Waals surface area contributed by atoms with Crippen molar-refractivity contribution in [2.24, 2.45) is 0 Å². The van der Waals surface area contributed by atoms with Crippen LogP contribution in [0.3, 0.4) is 0 Å². The molecule has 0 atom stereocenters. The van der Waals surface area contributed by atoms with Gasteiger partial charge in [-0.1, -0.05) is 48.0 Å². The first-order valence-electron chi connectivity index (χ1n) is 10.6. The van der Waals surface area contributed by atoms with E-state index in [4.69, 9.17) is 4.74 Å². The molecule has 0 radical (unpaired) electrons. The molecule has 1 amide bonds. The third-order valence-electron chi connectivity index (χ3n) is 5.66. The molecule has 1 N–H and O–H groups in total. The van der Waals surface area contributed by atoms with Gasteiger partial charge < -0.3 is 10.1 Å². The van der Waals surface area contributed by atoms with Gasteiger partial charge in [-0.2, -0.15) is 10.4 Å². The molecule has 1 aliphatic rings. The molecule has 3 aromatic rings. The van der Waals surface area contributed by atoms with Crippen LogP contribution < -0.4 is 5.32 Å². The van der Waals surface area contributed by atoms with Crippen LogP contribution in [0.25, 0.3) is 16.9 Å². The van der Waals surface area contributed by atoms with Crippen molar-refractivity contribution in [2.45, 2.75) is 38.1 Å². The number of benzene rings is 2. The molecule has 0 bridgehead atoms. The summed E-state index contributed by atoms with van der Waals surface area (Å²) in [6, 6.07) is 19.3. The van der Waals surface area contributed by atoms with Crippen LogP contribution in [-0.2, 0) is 9.53 Å². The standard InChI is InChI=1S/C25H24N4O3/c1-18-9-11-20(12-10-18)29-15-21(23(28-29)19-7-3-2-4-8-19)24(31)32-16-22(30)27-25(17-26)13-5-6-14-25/h2-4,7-12,15H,5-6,13-14,16H2,1H3,(H,27,30). The molecule has 2 aromatic carbocycles. The molecule has 162 valence electrons. The summed E-state index contributed by atoms with van der Waals surface area (Å²) < 4.78 is 6.93. The number of nitrogens with zero attached hydrogens (tertiary/aromatic N) is 3. The lowest BCUT2D eigenvalue weighted by Gasteiger charge is -2.21. The highest BCUT2D eigenvalue weighted by Crippen LogP contribution is 2.29. The first-order valence-corrected chi connectivity index (χ1v) is 10.6. The maximum atomic E-state index is 12.9. The Morgan fingerprint density at radius 2 is 1.81 bits per heavy atom. The Hall–Kier alpha value is -3.92. The lowest BCUT2D eigenvalue weighted by molar-refractivity contribution is -0.125. The van der Waals surface area contributed by atoms with Gasteiger partial charge in [0, 0.05) is 11.8 Å². The quantitative estimate of drug-likeness (QED) is 0.600. The Morgan fingerprint density at radius 3 is 2.47 bits per heavy atom. The fourth-order valence-electron chi connectivity index (χ4n) is 3.92. The molecule has 7 heteroatoms. The van der Waals surface area contributed by atoms with Gasteiger partial charge in [0.25, 0.3) is 5.91 Å². The van der Waals surface area contributed by atoms with Crippen molar-refractivity contribution in [2.75, 3.05) is 6.61 Å². The molecular weight excluding hydrogens is 404 g/mol. The Bertz CT molecular complexity index is 1150. The van der Waals surface area contributed by atoms with Gasteiger partial charge in [-0.3, -0.25) is 4.79 Å². The van der Waals surface area contributed by atoms with Crippen LogP contribution in [-0.4, -0.2) is 33.8 Å². The highest BCUT2D eigenvalue weighted by Gasteiger charge is 2.35. The Kier molecular flexibility index (Phi) is 6.04. The molecule has 32 heavy (non-hydrogen) atoms. The van der Waals surface area contributed by atoms with Crippen molar-refractivity contribution in [3.8, 4) is 23.0 Å². The molecular formula is C25H24N4O3. The minimum atomic E-state index is -0.852. The van der Waals surface area contributed by atoms with Gasteiger partial charge in [0.1, 0.15) is 16.8 Å². The number of ether oxygens (including phenoxy) is 1. The number of amides is 1. The molecule has 1 fully saturated rings. The van der Waals surface area contributed by atoms with Gasteiger partial charge in [-0.25, -0.2) is 9.48 Å². The Balaban J connectivity index is 1.54. The molecule has 0 saturated heterocycles. The summed E-state index contributed by atoms with van der Waals surface area (Å²) in [5.74, 6) is -1.12. The lowest BCUT2D eigenvalue weighted by atomic mass is 10.00. The van der Waals surface area contributed by atoms with E-state index in [1.807, 2.05) is 61.5 Å². The smallest absolute Gasteiger partial charge is 0.342 e. The second kappa shape index (κ2) is 9.06. The van der Waals surface area contributed by atoms with Crippen LogP contribution in [0.5, 0.6) is 0 Å². The third kappa shape index (κ3) is 4.54. The number of aromatic nitrogens is 2. The van der Waals surface area contributed by atoms with Gasteiger partial charge in [-0.15, -0.1) is 0 Å². The fourth-order valence-corrected chi connectivity index (χ4v) is 3.92. The van der Waals surface area contributed by atoms with E-state index < -0.39 is 24.0 Å². The first kappa shape index (κ1) is 21.3. The van der Waals surface area contributed by atoms with E-state index in [2.05, 4.69) is 16.5 Å². The summed E-state index contributed by atoms with van der Waals surface area (Å²) in [5.41, 5.74) is 2.58. The van der Waals surface area contributed by atoms with E-state index in [9.17, 15) is 14.9 Å². The van der Waals surface area contributed by atoms with Crippen LogP contribution >= 0.6 is 0 Å². The maximum absolute atomic E-state index is 12.9. The van der Waals surface area contributed by atoms with E-state index in [1.54, 1.807) is 10.9 Å². The molecule has 1 saturated carbocycles. The van der Waals surface area contributed by atoms with E-state index in [1.165, 1.54) is 0 Å². The van der Waals surface area contributed by atoms with E-state index in [-0.39, 0.29) is 5.56 Å². The van der Waals surface area contributed by atoms with Crippen LogP contribution in [0.4, 0.5) is 0 Å². The third-order valence-corrected chi connectivity index (χ3v) is 5.66. The summed E-state index contributed by atoms with van der Waals surface area (Å²) in [6.45, 7) is 1.55. The number of nitriles is 1. The number of carbonyl (C=O) groups is 2. The van der Waals surface area contributed by atoms with Crippen LogP contribution in [0.1, 0.15) is 41.6 Å². The monoisotopic (exact) mass is 428 g/mol. The molecule has 7 nitrogen and oxygen atoms in total. The fraction of sp³-hybridized carbons (Fsp3) is 0.280. The summed E-state index contributed by atoms with van der Waals surface area (Å²) in [6.07, 6.45) is 4.63. The summed E-state index contributed by atoms with van der Waals surface area (Å²) in [4.78, 5) is 25.3. The Labute approximate surface area is 186 Å². The molecule has 1 aromatic heterocycles. The number of esters is 1. The molecule has 0 unspecified atom stereocenters. The topological polar surface area (TPSA) is 97.0 Å². The van der Waals surface area contributed by atoms with E-state index in [0.717, 1.165) is 29.7 Å². The second-order valence-electron chi connectivity index (χ2n) is 8.06. The average molecular weight is 428 g/mol. The predicted molar refractivity (Wildman–Crippen MR) is 119 cm³/mol. The van der Waals surface area contributed by atoms with Crippen LogP contribution in [0.15, 0.2) is 60.8 Å². The predicted octanol–water partition coefficient (Wildman–Crippen LogP) is 3.96. The van der Waals surface area contributed by atoms with E-state index in [0.29, 0.717) is 18.5 Å². The zero-order chi connectivity index (χ0) is 22.6. The molecule has 4 rings (SSSR count). The number of rotatable bonds is 6. The number of hydrogen-bond acceptors (Lipinski definition) is 5. The first-order chi connectivity index (χ1) is 15.5. The zero-order valence-corrected chi connectivity index (χ0v) is 17.9. The number of aryl methyl sites for hydroxylation is 1. The highest BCUT2D eigenvalue weighted by molar-refractivity contribution is 5.97. The van der Waals surface area contributed by atoms with Gasteiger partial charge in [0.15, 0.2) is 6.61 Å². The van der Waals surface area contributed by atoms with Crippen molar-refractivity contribution in [3.63, 3.8) is 0 Å². The minimum absolute atomic E-state index is 0.264. The van der Waals surface area contributed by atoms with Crippen molar-refractivity contribution in [1.82, 2.24) is 15.1 Å². The van der Waals surface area contributed by atoms with E-state index >= 15 is 0 Å². The van der Waals surface area contributed by atoms with Gasteiger partial charge >= 0.3 is 5.97 Å². The lowest BCUT2D eigenvalue weighted by Crippen LogP contribution is -2.46. The van der Waals surface area contributed by atoms with Crippen molar-refractivity contribution in [1.29, 1.82) is 5.26 Å². The van der Waals surface area contributed by atoms with Crippen LogP contribution in [0.2, 0.25) is 0 Å². The normalized spacial score (nSPS) is 14.5. The van der Waals surface area contributed by atoms with Crippen molar-refractivity contribution >= 4 is 11.9 Å². The molecule has 0 spiro atoms. The number of hydrogen-bond donors (Lipinski definition) is 1. The van der Waals surface area contributed by atoms with Gasteiger partial charge in [0.05, 0.1) is 11.8 Å². The van der Waals surface area contributed by atoms with Gasteiger partial charge in [0.2, 0.25) is 0 Å². The van der Waals surface area contributed by atoms with Crippen molar-refractivity contribution in [3.05, 3.63) is 71.9 Å². The molecule has 0 aliphatic heterocycles. The largest absolute Gasteiger partial charge is 0.452 e. The zero-order valence-electron chi connectivity index (χ0n) is 17.9. The molecule has 1 aliphatic carbocycles. The SMILES string of the molecule is Cc1ccc(-n2cc(C(=O)OCC(=O)NC3(C#N)CCCC3)c(-c3ccccc3)n2)cc1.